The van der Waals surface area contributed by atoms with E-state index in [0.29, 0.717) is 19.3 Å². The molecular formula is C30H44O8. The van der Waals surface area contributed by atoms with E-state index in [9.17, 15) is 25.2 Å². The molecule has 4 bridgehead atoms. The molecule has 0 amide bonds. The highest BCUT2D eigenvalue weighted by Gasteiger charge is 2.89. The molecule has 8 heteroatoms. The first kappa shape index (κ1) is 26.1. The van der Waals surface area contributed by atoms with Crippen molar-refractivity contribution in [3.63, 3.8) is 0 Å². The molecule has 14 unspecified atom stereocenters. The number of fused-ring (bicyclic) bond motifs is 2. The van der Waals surface area contributed by atoms with Crippen LogP contribution >= 0.6 is 0 Å². The lowest BCUT2D eigenvalue weighted by molar-refractivity contribution is -0.312. The van der Waals surface area contributed by atoms with Crippen molar-refractivity contribution >= 4 is 5.78 Å². The molecule has 8 rings (SSSR count). The van der Waals surface area contributed by atoms with Crippen molar-refractivity contribution in [2.24, 2.45) is 35.0 Å². The minimum atomic E-state index is -2.13. The van der Waals surface area contributed by atoms with Gasteiger partial charge >= 0.3 is 0 Å². The van der Waals surface area contributed by atoms with Crippen molar-refractivity contribution in [1.82, 2.24) is 0 Å². The van der Waals surface area contributed by atoms with Crippen molar-refractivity contribution in [2.75, 3.05) is 6.61 Å². The number of aliphatic hydroxyl groups is 4. The maximum absolute atomic E-state index is 14.1. The molecule has 3 aliphatic carbocycles. The molecule has 5 heterocycles. The third-order valence-corrected chi connectivity index (χ3v) is 12.5. The van der Waals surface area contributed by atoms with Gasteiger partial charge in [0.05, 0.1) is 18.3 Å². The number of rotatable bonds is 2. The van der Waals surface area contributed by atoms with Gasteiger partial charge in [0.2, 0.25) is 0 Å². The SMILES string of the molecule is C=C(C)C12CCC34OC1C1(O)CCCCCCCC(C)C5C(C)C(=O)C(O)(C(O)C6(CO)OC6C3C2O1)C54. The Balaban J connectivity index is 1.49. The van der Waals surface area contributed by atoms with E-state index in [1.165, 1.54) is 0 Å². The zero-order valence-corrected chi connectivity index (χ0v) is 22.9. The van der Waals surface area contributed by atoms with E-state index in [1.54, 1.807) is 0 Å². The van der Waals surface area contributed by atoms with Crippen molar-refractivity contribution in [3.8, 4) is 0 Å². The first-order valence-electron chi connectivity index (χ1n) is 14.9. The standard InChI is InChI=1S/C30H44O8/c1-15(2)26-12-13-27-19-22(26)37-29(34,25(26)38-27)11-9-7-5-6-8-10-16(3)18-17(4)21(32)30(35,20(18)27)24(33)28(14-31)23(19)36-28/h16-20,22-25,31,33-35H,1,5-14H2,2-4H3. The highest BCUT2D eigenvalue weighted by atomic mass is 16.7. The summed E-state index contributed by atoms with van der Waals surface area (Å²) < 4.78 is 20.1. The molecule has 5 aliphatic heterocycles. The Morgan fingerprint density at radius 2 is 1.71 bits per heavy atom. The molecular weight excluding hydrogens is 488 g/mol. The van der Waals surface area contributed by atoms with Gasteiger partial charge in [-0.15, -0.1) is 0 Å². The molecule has 5 saturated heterocycles. The highest BCUT2D eigenvalue weighted by molar-refractivity contribution is 5.93. The lowest BCUT2D eigenvalue weighted by atomic mass is 9.49. The molecule has 4 N–H and O–H groups in total. The smallest absolute Gasteiger partial charge is 0.193 e. The van der Waals surface area contributed by atoms with Gasteiger partial charge in [-0.2, -0.15) is 0 Å². The zero-order valence-electron chi connectivity index (χ0n) is 22.9. The number of carbonyl (C=O) groups excluding carboxylic acids is 1. The average molecular weight is 533 g/mol. The third kappa shape index (κ3) is 2.70. The van der Waals surface area contributed by atoms with Gasteiger partial charge in [0.1, 0.15) is 23.9 Å². The summed E-state index contributed by atoms with van der Waals surface area (Å²) in [7, 11) is 0. The number of aliphatic hydroxyl groups excluding tert-OH is 2. The fraction of sp³-hybridized carbons (Fsp3) is 0.900. The number of hydrogen-bond donors (Lipinski definition) is 4. The number of Topliss-reactive ketones (excluding diaryl/α,β-unsaturated/α-hetero) is 1. The lowest BCUT2D eigenvalue weighted by Crippen LogP contribution is -2.73. The van der Waals surface area contributed by atoms with Gasteiger partial charge in [-0.25, -0.2) is 0 Å². The van der Waals surface area contributed by atoms with Gasteiger partial charge in [0, 0.05) is 29.6 Å². The molecule has 0 aromatic carbocycles. The van der Waals surface area contributed by atoms with Crippen LogP contribution in [0.2, 0.25) is 0 Å². The van der Waals surface area contributed by atoms with Crippen LogP contribution in [0.15, 0.2) is 12.2 Å². The van der Waals surface area contributed by atoms with Crippen LogP contribution in [0.3, 0.4) is 0 Å². The van der Waals surface area contributed by atoms with E-state index < -0.39 is 76.8 Å². The second kappa shape index (κ2) is 7.90. The molecule has 0 aromatic heterocycles. The molecule has 0 radical (unpaired) electrons. The minimum Gasteiger partial charge on any atom is -0.393 e. The molecule has 14 atom stereocenters. The topological polar surface area (TPSA) is 129 Å². The van der Waals surface area contributed by atoms with Crippen LogP contribution in [0.25, 0.3) is 0 Å². The van der Waals surface area contributed by atoms with Crippen LogP contribution in [-0.4, -0.2) is 79.8 Å². The molecule has 8 fully saturated rings. The van der Waals surface area contributed by atoms with Gasteiger partial charge in [-0.3, -0.25) is 4.79 Å². The Morgan fingerprint density at radius 3 is 2.42 bits per heavy atom. The van der Waals surface area contributed by atoms with E-state index >= 15 is 0 Å². The maximum Gasteiger partial charge on any atom is 0.193 e. The normalized spacial score (nSPS) is 60.8. The Morgan fingerprint density at radius 1 is 1.00 bits per heavy atom. The molecule has 38 heavy (non-hydrogen) atoms. The van der Waals surface area contributed by atoms with Crippen molar-refractivity contribution in [1.29, 1.82) is 0 Å². The zero-order chi connectivity index (χ0) is 27.0. The number of carbonyl (C=O) groups is 1. The third-order valence-electron chi connectivity index (χ3n) is 12.5. The number of ketones is 1. The highest BCUT2D eigenvalue weighted by Crippen LogP contribution is 2.76. The van der Waals surface area contributed by atoms with E-state index in [4.69, 9.17) is 14.2 Å². The largest absolute Gasteiger partial charge is 0.393 e. The summed E-state index contributed by atoms with van der Waals surface area (Å²) in [5, 5.41) is 47.1. The summed E-state index contributed by atoms with van der Waals surface area (Å²) in [5.74, 6) is -3.66. The van der Waals surface area contributed by atoms with Crippen LogP contribution in [0.5, 0.6) is 0 Å². The second-order valence-corrected chi connectivity index (χ2v) is 14.1. The van der Waals surface area contributed by atoms with E-state index in [-0.39, 0.29) is 17.6 Å². The summed E-state index contributed by atoms with van der Waals surface area (Å²) in [6.07, 6.45) is 4.10. The Bertz CT molecular complexity index is 1060. The summed E-state index contributed by atoms with van der Waals surface area (Å²) in [5.41, 5.74) is -4.41. The van der Waals surface area contributed by atoms with Crippen LogP contribution in [0.4, 0.5) is 0 Å². The van der Waals surface area contributed by atoms with E-state index in [1.807, 2.05) is 13.8 Å². The molecule has 8 aliphatic rings. The molecule has 0 aromatic rings. The Labute approximate surface area is 224 Å². The first-order valence-corrected chi connectivity index (χ1v) is 14.9. The van der Waals surface area contributed by atoms with Crippen molar-refractivity contribution < 1.29 is 39.4 Å². The molecule has 8 nitrogen and oxygen atoms in total. The molecule has 212 valence electrons. The summed E-state index contributed by atoms with van der Waals surface area (Å²) >= 11 is 0. The lowest BCUT2D eigenvalue weighted by Gasteiger charge is -2.64. The van der Waals surface area contributed by atoms with Crippen LogP contribution in [-0.2, 0) is 19.0 Å². The number of epoxide rings is 1. The summed E-state index contributed by atoms with van der Waals surface area (Å²) in [6.45, 7) is 9.84. The maximum atomic E-state index is 14.1. The second-order valence-electron chi connectivity index (χ2n) is 14.1. The van der Waals surface area contributed by atoms with Crippen LogP contribution < -0.4 is 0 Å². The predicted molar refractivity (Wildman–Crippen MR) is 136 cm³/mol. The quantitative estimate of drug-likeness (QED) is 0.315. The summed E-state index contributed by atoms with van der Waals surface area (Å²) in [4.78, 5) is 14.1. The van der Waals surface area contributed by atoms with E-state index in [2.05, 4.69) is 13.5 Å². The number of ether oxygens (including phenoxy) is 3. The van der Waals surface area contributed by atoms with Crippen molar-refractivity contribution in [3.05, 3.63) is 12.2 Å². The van der Waals surface area contributed by atoms with Gasteiger partial charge in [0.25, 0.3) is 0 Å². The van der Waals surface area contributed by atoms with Crippen molar-refractivity contribution in [2.45, 2.75) is 126 Å². The van der Waals surface area contributed by atoms with Gasteiger partial charge in [-0.1, -0.05) is 58.1 Å². The minimum absolute atomic E-state index is 0.120. The fourth-order valence-electron chi connectivity index (χ4n) is 10.8. The van der Waals surface area contributed by atoms with Crippen LogP contribution in [0.1, 0.15) is 78.6 Å². The summed E-state index contributed by atoms with van der Waals surface area (Å²) in [6, 6.07) is 0. The average Bonchev–Trinajstić information content (AvgIpc) is 3.54. The molecule has 1 spiro atoms. The number of hydrogen-bond acceptors (Lipinski definition) is 8. The van der Waals surface area contributed by atoms with Crippen LogP contribution in [0, 0.1) is 35.0 Å². The Kier molecular flexibility index (Phi) is 5.42. The fourth-order valence-corrected chi connectivity index (χ4v) is 10.8. The van der Waals surface area contributed by atoms with Gasteiger partial charge in [-0.05, 0) is 38.0 Å². The first-order chi connectivity index (χ1) is 18.0. The Hall–Kier alpha value is -0.870. The van der Waals surface area contributed by atoms with Gasteiger partial charge in [0.15, 0.2) is 17.2 Å². The molecule has 3 saturated carbocycles. The predicted octanol–water partition coefficient (Wildman–Crippen LogP) is 2.25. The van der Waals surface area contributed by atoms with Gasteiger partial charge < -0.3 is 34.6 Å². The van der Waals surface area contributed by atoms with E-state index in [0.717, 1.165) is 44.1 Å². The monoisotopic (exact) mass is 532 g/mol.